The molecule has 1 heterocycles. The number of hydrogen-bond acceptors (Lipinski definition) is 6. The quantitative estimate of drug-likeness (QED) is 0.301. The van der Waals surface area contributed by atoms with E-state index in [1.807, 2.05) is 5.57 Å². The molecule has 5 aliphatic carbocycles. The lowest BCUT2D eigenvalue weighted by molar-refractivity contribution is -0.325. The number of ether oxygens (including phenoxy) is 2. The van der Waals surface area contributed by atoms with Crippen LogP contribution in [0.3, 0.4) is 0 Å². The Morgan fingerprint density at radius 1 is 0.786 bits per heavy atom. The van der Waals surface area contributed by atoms with Gasteiger partial charge in [-0.25, -0.2) is 0 Å². The normalized spacial score (nSPS) is 53.8. The van der Waals surface area contributed by atoms with Crippen LogP contribution in [0.4, 0.5) is 0 Å². The van der Waals surface area contributed by atoms with Crippen molar-refractivity contribution in [2.45, 2.75) is 156 Å². The molecule has 0 spiro atoms. The van der Waals surface area contributed by atoms with Gasteiger partial charge in [0.2, 0.25) is 0 Å². The van der Waals surface area contributed by atoms with Gasteiger partial charge in [0.25, 0.3) is 0 Å². The number of aliphatic hydroxyl groups excluding tert-OH is 4. The number of rotatable bonds is 4. The molecule has 6 heteroatoms. The van der Waals surface area contributed by atoms with Gasteiger partial charge in [0.1, 0.15) is 24.4 Å². The second-order valence-corrected chi connectivity index (χ2v) is 17.4. The number of fused-ring (bicyclic) bond motifs is 6. The Balaban J connectivity index is 1.27. The third-order valence-corrected chi connectivity index (χ3v) is 15.3. The fraction of sp³-hybridized carbons (Fsp3) is 0.944. The maximum atomic E-state index is 10.7. The molecule has 0 aromatic heterocycles. The summed E-state index contributed by atoms with van der Waals surface area (Å²) in [6.07, 6.45) is 5.96. The second kappa shape index (κ2) is 10.3. The molecule has 4 fully saturated rings. The molecule has 240 valence electrons. The van der Waals surface area contributed by atoms with Crippen LogP contribution in [0.5, 0.6) is 0 Å². The molecule has 13 atom stereocenters. The van der Waals surface area contributed by atoms with Crippen molar-refractivity contribution < 1.29 is 29.9 Å². The molecule has 0 amide bonds. The van der Waals surface area contributed by atoms with Crippen molar-refractivity contribution in [2.75, 3.05) is 6.61 Å². The largest absolute Gasteiger partial charge is 0.394 e. The fourth-order valence-electron chi connectivity index (χ4n) is 12.8. The van der Waals surface area contributed by atoms with Crippen LogP contribution in [-0.4, -0.2) is 63.8 Å². The lowest BCUT2D eigenvalue weighted by Crippen LogP contribution is -2.62. The van der Waals surface area contributed by atoms with Crippen molar-refractivity contribution in [2.24, 2.45) is 50.7 Å². The second-order valence-electron chi connectivity index (χ2n) is 17.4. The molecule has 1 aliphatic heterocycles. The van der Waals surface area contributed by atoms with Crippen LogP contribution in [0.15, 0.2) is 11.1 Å². The first-order valence-corrected chi connectivity index (χ1v) is 17.2. The molecular weight excluding hydrogens is 528 g/mol. The minimum Gasteiger partial charge on any atom is -0.394 e. The van der Waals surface area contributed by atoms with E-state index in [1.165, 1.54) is 44.9 Å². The van der Waals surface area contributed by atoms with Crippen LogP contribution in [0.2, 0.25) is 0 Å². The predicted molar refractivity (Wildman–Crippen MR) is 163 cm³/mol. The van der Waals surface area contributed by atoms with Gasteiger partial charge in [-0.3, -0.25) is 0 Å². The van der Waals surface area contributed by atoms with E-state index in [1.54, 1.807) is 5.57 Å². The van der Waals surface area contributed by atoms with Gasteiger partial charge in [0, 0.05) is 0 Å². The molecule has 6 rings (SSSR count). The lowest BCUT2D eigenvalue weighted by atomic mass is 9.37. The summed E-state index contributed by atoms with van der Waals surface area (Å²) in [5, 5.41) is 41.0. The van der Waals surface area contributed by atoms with E-state index in [9.17, 15) is 20.4 Å². The molecule has 4 N–H and O–H groups in total. The zero-order valence-corrected chi connectivity index (χ0v) is 27.7. The molecule has 0 aromatic carbocycles. The van der Waals surface area contributed by atoms with Crippen molar-refractivity contribution >= 4 is 0 Å². The van der Waals surface area contributed by atoms with Crippen molar-refractivity contribution in [3.63, 3.8) is 0 Å². The SMILES string of the molecule is CC(C)[C@H]1CC[C@@H]2[C@]1(C)CC[C@]1(C)C3=C(CC[C@@]21C)[C@@]1(C)CC[C@H](O[C@@H]2O[C@H](CO)[C@@H](O)[C@H](O)[C@H]2O)C(C)(C)[C@@H]1CC3. The first kappa shape index (κ1) is 31.5. The van der Waals surface area contributed by atoms with Gasteiger partial charge in [-0.15, -0.1) is 0 Å². The van der Waals surface area contributed by atoms with Crippen LogP contribution in [0, 0.1) is 50.7 Å². The molecule has 0 aromatic rings. The van der Waals surface area contributed by atoms with Crippen LogP contribution >= 0.6 is 0 Å². The summed E-state index contributed by atoms with van der Waals surface area (Å²) < 4.78 is 12.3. The molecule has 1 saturated heterocycles. The lowest BCUT2D eigenvalue weighted by Gasteiger charge is -2.67. The molecule has 0 radical (unpaired) electrons. The average Bonchev–Trinajstić information content (AvgIpc) is 3.30. The van der Waals surface area contributed by atoms with Crippen molar-refractivity contribution in [3.8, 4) is 0 Å². The first-order valence-electron chi connectivity index (χ1n) is 17.2. The zero-order chi connectivity index (χ0) is 30.6. The molecule has 6 aliphatic rings. The zero-order valence-electron chi connectivity index (χ0n) is 27.7. The Bertz CT molecular complexity index is 1080. The summed E-state index contributed by atoms with van der Waals surface area (Å²) in [4.78, 5) is 0. The predicted octanol–water partition coefficient (Wildman–Crippen LogP) is 5.99. The Hall–Kier alpha value is -0.500. The minimum absolute atomic E-state index is 0.132. The molecule has 0 bridgehead atoms. The highest BCUT2D eigenvalue weighted by Crippen LogP contribution is 2.76. The van der Waals surface area contributed by atoms with E-state index < -0.39 is 37.3 Å². The number of hydrogen-bond donors (Lipinski definition) is 4. The van der Waals surface area contributed by atoms with Crippen molar-refractivity contribution in [3.05, 3.63) is 11.1 Å². The average molecular weight is 589 g/mol. The van der Waals surface area contributed by atoms with Gasteiger partial charge in [-0.1, -0.05) is 66.5 Å². The van der Waals surface area contributed by atoms with Gasteiger partial charge >= 0.3 is 0 Å². The molecular formula is C36H60O6. The monoisotopic (exact) mass is 588 g/mol. The molecule has 0 unspecified atom stereocenters. The number of aliphatic hydroxyl groups is 4. The summed E-state index contributed by atoms with van der Waals surface area (Å²) in [7, 11) is 0. The highest BCUT2D eigenvalue weighted by Gasteiger charge is 2.67. The third-order valence-electron chi connectivity index (χ3n) is 15.3. The van der Waals surface area contributed by atoms with E-state index in [4.69, 9.17) is 9.47 Å². The topological polar surface area (TPSA) is 99.4 Å². The molecule has 6 nitrogen and oxygen atoms in total. The Kier molecular flexibility index (Phi) is 7.69. The standard InChI is InChI=1S/C36H60O6/c1-20(2)21-9-12-26-34(21,6)17-18-35(7)23-10-11-25-32(3,4)27(14-15-33(25,5)22(23)13-16-36(26,35)8)42-31-30(40)29(39)28(38)24(19-37)41-31/h20-21,24-31,37-40H,9-19H2,1-8H3/t21-,24-,25+,26-,27+,28-,29+,30-,31+,33-,34-,35-,36+/m1/s1. The maximum absolute atomic E-state index is 10.7. The van der Waals surface area contributed by atoms with E-state index >= 15 is 0 Å². The molecule has 42 heavy (non-hydrogen) atoms. The van der Waals surface area contributed by atoms with Crippen LogP contribution in [0.1, 0.15) is 120 Å². The Labute approximate surface area is 254 Å². The van der Waals surface area contributed by atoms with Crippen molar-refractivity contribution in [1.82, 2.24) is 0 Å². The third kappa shape index (κ3) is 4.10. The van der Waals surface area contributed by atoms with Gasteiger partial charge in [0.05, 0.1) is 12.7 Å². The Morgan fingerprint density at radius 2 is 1.50 bits per heavy atom. The number of allylic oxidation sites excluding steroid dienone is 2. The summed E-state index contributed by atoms with van der Waals surface area (Å²) >= 11 is 0. The summed E-state index contributed by atoms with van der Waals surface area (Å²) in [6, 6.07) is 0. The highest BCUT2D eigenvalue weighted by molar-refractivity contribution is 5.39. The Morgan fingerprint density at radius 3 is 2.17 bits per heavy atom. The van der Waals surface area contributed by atoms with Gasteiger partial charge in [-0.2, -0.15) is 0 Å². The van der Waals surface area contributed by atoms with Crippen LogP contribution < -0.4 is 0 Å². The smallest absolute Gasteiger partial charge is 0.186 e. The minimum atomic E-state index is -1.41. The highest BCUT2D eigenvalue weighted by atomic mass is 16.7. The first-order chi connectivity index (χ1) is 19.6. The summed E-state index contributed by atoms with van der Waals surface area (Å²) in [5.74, 6) is 2.89. The molecule has 3 saturated carbocycles. The fourth-order valence-corrected chi connectivity index (χ4v) is 12.8. The summed E-state index contributed by atoms with van der Waals surface area (Å²) in [5.41, 5.74) is 4.67. The maximum Gasteiger partial charge on any atom is 0.186 e. The van der Waals surface area contributed by atoms with Crippen molar-refractivity contribution in [1.29, 1.82) is 0 Å². The van der Waals surface area contributed by atoms with E-state index in [0.29, 0.717) is 16.7 Å². The van der Waals surface area contributed by atoms with Crippen LogP contribution in [-0.2, 0) is 9.47 Å². The van der Waals surface area contributed by atoms with E-state index in [-0.39, 0.29) is 22.3 Å². The van der Waals surface area contributed by atoms with Gasteiger partial charge in [0.15, 0.2) is 6.29 Å². The van der Waals surface area contributed by atoms with E-state index in [0.717, 1.165) is 37.0 Å². The van der Waals surface area contributed by atoms with E-state index in [2.05, 4.69) is 55.4 Å². The van der Waals surface area contributed by atoms with Gasteiger partial charge < -0.3 is 29.9 Å². The van der Waals surface area contributed by atoms with Gasteiger partial charge in [-0.05, 0) is 115 Å². The summed E-state index contributed by atoms with van der Waals surface area (Å²) in [6.45, 7) is 19.7. The van der Waals surface area contributed by atoms with Crippen LogP contribution in [0.25, 0.3) is 0 Å².